The molecule has 0 amide bonds. The summed E-state index contributed by atoms with van der Waals surface area (Å²) in [5.74, 6) is 2.55. The molecule has 0 aliphatic heterocycles. The molecule has 2 atom stereocenters. The van der Waals surface area contributed by atoms with Crippen molar-refractivity contribution in [1.29, 1.82) is 0 Å². The van der Waals surface area contributed by atoms with Gasteiger partial charge in [-0.2, -0.15) is 0 Å². The van der Waals surface area contributed by atoms with Gasteiger partial charge in [0.25, 0.3) is 0 Å². The molecule has 20 heavy (non-hydrogen) atoms. The Labute approximate surface area is 131 Å². The molecule has 3 heteroatoms. The molecule has 1 aliphatic carbocycles. The second-order valence-corrected chi connectivity index (χ2v) is 6.97. The Morgan fingerprint density at radius 3 is 2.60 bits per heavy atom. The van der Waals surface area contributed by atoms with Crippen LogP contribution in [0.5, 0.6) is 5.75 Å². The predicted molar refractivity (Wildman–Crippen MR) is 88.2 cm³/mol. The number of hydrogen-bond acceptors (Lipinski definition) is 2. The Kier molecular flexibility index (Phi) is 6.37. The van der Waals surface area contributed by atoms with Crippen LogP contribution in [-0.2, 0) is 0 Å². The highest BCUT2D eigenvalue weighted by molar-refractivity contribution is 9.10. The van der Waals surface area contributed by atoms with Gasteiger partial charge < -0.3 is 10.1 Å². The van der Waals surface area contributed by atoms with Crippen LogP contribution >= 0.6 is 15.9 Å². The van der Waals surface area contributed by atoms with Crippen LogP contribution in [-0.4, -0.2) is 19.2 Å². The minimum absolute atomic E-state index is 0.678. The Morgan fingerprint density at radius 2 is 1.90 bits per heavy atom. The fourth-order valence-electron chi connectivity index (χ4n) is 3.15. The van der Waals surface area contributed by atoms with Gasteiger partial charge in [0.05, 0.1) is 0 Å². The zero-order chi connectivity index (χ0) is 14.4. The molecule has 0 aromatic heterocycles. The van der Waals surface area contributed by atoms with Crippen molar-refractivity contribution < 1.29 is 4.74 Å². The Morgan fingerprint density at radius 1 is 1.20 bits per heavy atom. The van der Waals surface area contributed by atoms with Crippen molar-refractivity contribution in [2.45, 2.75) is 45.6 Å². The first-order chi connectivity index (χ1) is 9.66. The Balaban J connectivity index is 1.70. The first-order valence-corrected chi connectivity index (χ1v) is 8.58. The molecular weight excluding hydrogens is 314 g/mol. The Bertz CT molecular complexity index is 390. The van der Waals surface area contributed by atoms with E-state index in [1.807, 2.05) is 24.3 Å². The quantitative estimate of drug-likeness (QED) is 0.762. The maximum absolute atomic E-state index is 5.76. The largest absolute Gasteiger partial charge is 0.492 e. The molecule has 1 fully saturated rings. The maximum Gasteiger partial charge on any atom is 0.119 e. The average Bonchev–Trinajstić information content (AvgIpc) is 2.46. The summed E-state index contributed by atoms with van der Waals surface area (Å²) in [7, 11) is 0. The summed E-state index contributed by atoms with van der Waals surface area (Å²) >= 11 is 3.43. The van der Waals surface area contributed by atoms with Gasteiger partial charge in [-0.25, -0.2) is 0 Å². The third-order valence-electron chi connectivity index (χ3n) is 4.27. The fraction of sp³-hybridized carbons (Fsp3) is 0.647. The molecule has 1 aromatic rings. The Hall–Kier alpha value is -0.540. The standard InChI is InChI=1S/C17H26BrNO/c1-13(2)16-5-3-4-6-17(16)19-11-12-20-15-9-7-14(18)8-10-15/h7-10,13,16-17,19H,3-6,11-12H2,1-2H3. The normalized spacial score (nSPS) is 23.0. The average molecular weight is 340 g/mol. The third-order valence-corrected chi connectivity index (χ3v) is 4.80. The van der Waals surface area contributed by atoms with E-state index in [1.54, 1.807) is 0 Å². The molecule has 0 saturated heterocycles. The van der Waals surface area contributed by atoms with Gasteiger partial charge in [0, 0.05) is 17.1 Å². The second-order valence-electron chi connectivity index (χ2n) is 6.06. The second kappa shape index (κ2) is 8.04. The van der Waals surface area contributed by atoms with E-state index in [2.05, 4.69) is 35.1 Å². The number of benzene rings is 1. The van der Waals surface area contributed by atoms with Gasteiger partial charge in [-0.15, -0.1) is 0 Å². The van der Waals surface area contributed by atoms with Crippen LogP contribution in [0.15, 0.2) is 28.7 Å². The molecule has 2 unspecified atom stereocenters. The first kappa shape index (κ1) is 15.8. The van der Waals surface area contributed by atoms with Crippen LogP contribution in [0, 0.1) is 11.8 Å². The summed E-state index contributed by atoms with van der Waals surface area (Å²) in [4.78, 5) is 0. The maximum atomic E-state index is 5.76. The third kappa shape index (κ3) is 4.78. The van der Waals surface area contributed by atoms with E-state index in [9.17, 15) is 0 Å². The number of ether oxygens (including phenoxy) is 1. The van der Waals surface area contributed by atoms with Gasteiger partial charge in [-0.05, 0) is 48.9 Å². The van der Waals surface area contributed by atoms with E-state index in [1.165, 1.54) is 25.7 Å². The van der Waals surface area contributed by atoms with Crippen molar-refractivity contribution in [3.8, 4) is 5.75 Å². The number of nitrogens with one attached hydrogen (secondary N) is 1. The summed E-state index contributed by atoms with van der Waals surface area (Å²) in [6.07, 6.45) is 5.47. The monoisotopic (exact) mass is 339 g/mol. The van der Waals surface area contributed by atoms with Crippen LogP contribution < -0.4 is 10.1 Å². The lowest BCUT2D eigenvalue weighted by atomic mass is 9.78. The fourth-order valence-corrected chi connectivity index (χ4v) is 3.42. The lowest BCUT2D eigenvalue weighted by molar-refractivity contribution is 0.195. The van der Waals surface area contributed by atoms with Crippen LogP contribution in [0.25, 0.3) is 0 Å². The molecule has 1 aromatic carbocycles. The molecule has 0 bridgehead atoms. The van der Waals surface area contributed by atoms with Crippen LogP contribution in [0.2, 0.25) is 0 Å². The summed E-state index contributed by atoms with van der Waals surface area (Å²) in [6, 6.07) is 8.71. The number of rotatable bonds is 6. The predicted octanol–water partition coefficient (Wildman–Crippen LogP) is 4.63. The highest BCUT2D eigenvalue weighted by atomic mass is 79.9. The minimum Gasteiger partial charge on any atom is -0.492 e. The van der Waals surface area contributed by atoms with Crippen molar-refractivity contribution in [3.63, 3.8) is 0 Å². The van der Waals surface area contributed by atoms with Gasteiger partial charge in [-0.1, -0.05) is 42.6 Å². The minimum atomic E-state index is 0.678. The highest BCUT2D eigenvalue weighted by Crippen LogP contribution is 2.30. The molecule has 112 valence electrons. The van der Waals surface area contributed by atoms with E-state index in [0.717, 1.165) is 35.2 Å². The first-order valence-electron chi connectivity index (χ1n) is 7.78. The lowest BCUT2D eigenvalue weighted by Gasteiger charge is -2.35. The van der Waals surface area contributed by atoms with Crippen LogP contribution in [0.3, 0.4) is 0 Å². The van der Waals surface area contributed by atoms with E-state index in [4.69, 9.17) is 4.74 Å². The van der Waals surface area contributed by atoms with Crippen molar-refractivity contribution in [1.82, 2.24) is 5.32 Å². The zero-order valence-corrected chi connectivity index (χ0v) is 14.2. The lowest BCUT2D eigenvalue weighted by Crippen LogP contribution is -2.42. The molecule has 0 heterocycles. The summed E-state index contributed by atoms with van der Waals surface area (Å²) in [6.45, 7) is 6.37. The number of hydrogen-bond donors (Lipinski definition) is 1. The van der Waals surface area contributed by atoms with Crippen LogP contribution in [0.4, 0.5) is 0 Å². The molecule has 0 radical (unpaired) electrons. The van der Waals surface area contributed by atoms with Crippen molar-refractivity contribution >= 4 is 15.9 Å². The molecule has 1 saturated carbocycles. The van der Waals surface area contributed by atoms with Crippen molar-refractivity contribution in [2.75, 3.05) is 13.2 Å². The smallest absolute Gasteiger partial charge is 0.119 e. The van der Waals surface area contributed by atoms with E-state index in [0.29, 0.717) is 6.04 Å². The van der Waals surface area contributed by atoms with E-state index < -0.39 is 0 Å². The summed E-state index contributed by atoms with van der Waals surface area (Å²) in [5.41, 5.74) is 0. The topological polar surface area (TPSA) is 21.3 Å². The van der Waals surface area contributed by atoms with Crippen LogP contribution in [0.1, 0.15) is 39.5 Å². The van der Waals surface area contributed by atoms with E-state index in [-0.39, 0.29) is 0 Å². The van der Waals surface area contributed by atoms with E-state index >= 15 is 0 Å². The van der Waals surface area contributed by atoms with Crippen molar-refractivity contribution in [2.24, 2.45) is 11.8 Å². The van der Waals surface area contributed by atoms with Gasteiger partial charge >= 0.3 is 0 Å². The molecule has 2 nitrogen and oxygen atoms in total. The molecule has 1 aliphatic rings. The molecule has 2 rings (SSSR count). The summed E-state index contributed by atoms with van der Waals surface area (Å²) in [5, 5.41) is 3.70. The summed E-state index contributed by atoms with van der Waals surface area (Å²) < 4.78 is 6.85. The molecule has 0 spiro atoms. The van der Waals surface area contributed by atoms with Crippen molar-refractivity contribution in [3.05, 3.63) is 28.7 Å². The van der Waals surface area contributed by atoms with Gasteiger partial charge in [-0.3, -0.25) is 0 Å². The van der Waals surface area contributed by atoms with Gasteiger partial charge in [0.1, 0.15) is 12.4 Å². The zero-order valence-electron chi connectivity index (χ0n) is 12.6. The number of halogens is 1. The SMILES string of the molecule is CC(C)C1CCCCC1NCCOc1ccc(Br)cc1. The molecule has 1 N–H and O–H groups in total. The highest BCUT2D eigenvalue weighted by Gasteiger charge is 2.26. The van der Waals surface area contributed by atoms with Gasteiger partial charge in [0.15, 0.2) is 0 Å². The molecular formula is C17H26BrNO. The van der Waals surface area contributed by atoms with Gasteiger partial charge in [0.2, 0.25) is 0 Å².